The first-order valence-electron chi connectivity index (χ1n) is 9.46. The highest BCUT2D eigenvalue weighted by atomic mass is 35.5. The van der Waals surface area contributed by atoms with Crippen LogP contribution in [0.1, 0.15) is 30.4 Å². The van der Waals surface area contributed by atoms with Crippen molar-refractivity contribution < 1.29 is 14.3 Å². The van der Waals surface area contributed by atoms with E-state index >= 15 is 0 Å². The summed E-state index contributed by atoms with van der Waals surface area (Å²) in [6, 6.07) is 3.85. The van der Waals surface area contributed by atoms with Crippen LogP contribution < -0.4 is 10.6 Å². The van der Waals surface area contributed by atoms with Crippen LogP contribution in [0, 0.1) is 19.8 Å². The number of amides is 2. The zero-order valence-electron chi connectivity index (χ0n) is 16.4. The predicted molar refractivity (Wildman–Crippen MR) is 108 cm³/mol. The first-order chi connectivity index (χ1) is 12.9. The van der Waals surface area contributed by atoms with Crippen LogP contribution in [-0.2, 0) is 14.3 Å². The molecule has 0 unspecified atom stereocenters. The summed E-state index contributed by atoms with van der Waals surface area (Å²) >= 11 is 6.26. The van der Waals surface area contributed by atoms with Gasteiger partial charge in [0.2, 0.25) is 11.8 Å². The van der Waals surface area contributed by atoms with Crippen LogP contribution in [0.15, 0.2) is 12.1 Å². The fraction of sp³-hybridized carbons (Fsp3) is 0.600. The molecule has 1 aliphatic rings. The highest BCUT2D eigenvalue weighted by molar-refractivity contribution is 6.34. The van der Waals surface area contributed by atoms with E-state index in [1.807, 2.05) is 26.0 Å². The molecule has 2 amide bonds. The van der Waals surface area contributed by atoms with Crippen LogP contribution in [0.5, 0.6) is 0 Å². The van der Waals surface area contributed by atoms with Gasteiger partial charge in [-0.3, -0.25) is 14.5 Å². The number of nitrogens with one attached hydrogen (secondary N) is 2. The molecule has 0 radical (unpaired) electrons. The number of piperidine rings is 1. The Morgan fingerprint density at radius 3 is 2.59 bits per heavy atom. The number of hydrogen-bond donors (Lipinski definition) is 2. The number of nitrogens with zero attached hydrogens (tertiary/aromatic N) is 1. The lowest BCUT2D eigenvalue weighted by Crippen LogP contribution is -2.43. The molecule has 1 fully saturated rings. The van der Waals surface area contributed by atoms with Gasteiger partial charge in [0.25, 0.3) is 0 Å². The normalized spacial score (nSPS) is 15.6. The topological polar surface area (TPSA) is 70.7 Å². The Balaban J connectivity index is 1.75. The van der Waals surface area contributed by atoms with Crippen molar-refractivity contribution in [3.63, 3.8) is 0 Å². The number of hydrogen-bond acceptors (Lipinski definition) is 4. The molecule has 1 heterocycles. The Bertz CT molecular complexity index is 635. The van der Waals surface area contributed by atoms with E-state index in [1.165, 1.54) is 0 Å². The van der Waals surface area contributed by atoms with Crippen molar-refractivity contribution in [2.75, 3.05) is 45.2 Å². The van der Waals surface area contributed by atoms with Crippen molar-refractivity contribution in [3.05, 3.63) is 28.3 Å². The molecule has 2 rings (SSSR count). The number of anilines is 1. The van der Waals surface area contributed by atoms with Gasteiger partial charge in [-0.15, -0.1) is 0 Å². The van der Waals surface area contributed by atoms with Gasteiger partial charge in [0.15, 0.2) is 0 Å². The van der Waals surface area contributed by atoms with Crippen molar-refractivity contribution in [1.29, 1.82) is 0 Å². The van der Waals surface area contributed by atoms with Gasteiger partial charge >= 0.3 is 0 Å². The highest BCUT2D eigenvalue weighted by Crippen LogP contribution is 2.27. The molecule has 1 aromatic carbocycles. The smallest absolute Gasteiger partial charge is 0.238 e. The minimum atomic E-state index is -0.0775. The average molecular weight is 396 g/mol. The zero-order chi connectivity index (χ0) is 19.8. The second-order valence-electron chi connectivity index (χ2n) is 7.17. The van der Waals surface area contributed by atoms with Gasteiger partial charge in [-0.05, 0) is 63.4 Å². The number of methoxy groups -OCH3 is 1. The molecule has 0 bridgehead atoms. The number of halogens is 1. The van der Waals surface area contributed by atoms with Gasteiger partial charge in [-0.2, -0.15) is 0 Å². The lowest BCUT2D eigenvalue weighted by Gasteiger charge is -2.30. The summed E-state index contributed by atoms with van der Waals surface area (Å²) in [4.78, 5) is 26.6. The Labute approximate surface area is 166 Å². The fourth-order valence-corrected chi connectivity index (χ4v) is 3.75. The van der Waals surface area contributed by atoms with E-state index < -0.39 is 0 Å². The van der Waals surface area contributed by atoms with Crippen LogP contribution >= 0.6 is 11.6 Å². The molecule has 0 aliphatic carbocycles. The maximum Gasteiger partial charge on any atom is 0.238 e. The maximum absolute atomic E-state index is 12.4. The second kappa shape index (κ2) is 10.6. The molecule has 0 aromatic heterocycles. The van der Waals surface area contributed by atoms with E-state index in [0.717, 1.165) is 43.5 Å². The standard InChI is InChI=1S/C20H30ClN3O3/c1-14-11-15(2)19(17(21)12-14)23-18(25)13-24-8-5-16(6-9-24)20(26)22-7-4-10-27-3/h11-12,16H,4-10,13H2,1-3H3,(H,22,26)(H,23,25). The molecule has 1 aromatic rings. The van der Waals surface area contributed by atoms with Crippen LogP contribution in [0.25, 0.3) is 0 Å². The van der Waals surface area contributed by atoms with E-state index in [9.17, 15) is 9.59 Å². The molecule has 0 saturated carbocycles. The number of aryl methyl sites for hydroxylation is 2. The van der Waals surface area contributed by atoms with E-state index in [2.05, 4.69) is 15.5 Å². The van der Waals surface area contributed by atoms with Crippen molar-refractivity contribution in [2.24, 2.45) is 5.92 Å². The summed E-state index contributed by atoms with van der Waals surface area (Å²) in [5.41, 5.74) is 2.70. The first-order valence-corrected chi connectivity index (χ1v) is 9.84. The quantitative estimate of drug-likeness (QED) is 0.664. The number of ether oxygens (including phenoxy) is 1. The predicted octanol–water partition coefficient (Wildman–Crippen LogP) is 2.76. The zero-order valence-corrected chi connectivity index (χ0v) is 17.2. The Morgan fingerprint density at radius 1 is 1.26 bits per heavy atom. The van der Waals surface area contributed by atoms with Crippen LogP contribution in [-0.4, -0.2) is 56.6 Å². The highest BCUT2D eigenvalue weighted by Gasteiger charge is 2.25. The minimum absolute atomic E-state index is 0.0284. The van der Waals surface area contributed by atoms with Crippen molar-refractivity contribution >= 4 is 29.1 Å². The molecule has 1 saturated heterocycles. The summed E-state index contributed by atoms with van der Waals surface area (Å²) < 4.78 is 4.98. The van der Waals surface area contributed by atoms with E-state index in [4.69, 9.17) is 16.3 Å². The summed E-state index contributed by atoms with van der Waals surface area (Å²) in [5.74, 6) is 0.0595. The van der Waals surface area contributed by atoms with Crippen LogP contribution in [0.3, 0.4) is 0 Å². The van der Waals surface area contributed by atoms with Gasteiger partial charge in [0.05, 0.1) is 17.3 Å². The molecule has 0 spiro atoms. The summed E-state index contributed by atoms with van der Waals surface area (Å²) in [5, 5.41) is 6.44. The molecule has 6 nitrogen and oxygen atoms in total. The summed E-state index contributed by atoms with van der Waals surface area (Å²) in [7, 11) is 1.65. The number of likely N-dealkylation sites (tertiary alicyclic amines) is 1. The second-order valence-corrected chi connectivity index (χ2v) is 7.58. The van der Waals surface area contributed by atoms with Crippen molar-refractivity contribution in [1.82, 2.24) is 10.2 Å². The van der Waals surface area contributed by atoms with Gasteiger partial charge in [0, 0.05) is 26.2 Å². The number of rotatable bonds is 8. The molecular weight excluding hydrogens is 366 g/mol. The molecule has 2 N–H and O–H groups in total. The number of benzene rings is 1. The maximum atomic E-state index is 12.4. The molecule has 150 valence electrons. The molecular formula is C20H30ClN3O3. The number of carbonyl (C=O) groups is 2. The van der Waals surface area contributed by atoms with Crippen molar-refractivity contribution in [2.45, 2.75) is 33.1 Å². The van der Waals surface area contributed by atoms with E-state index in [1.54, 1.807) is 7.11 Å². The average Bonchev–Trinajstić information content (AvgIpc) is 2.62. The lowest BCUT2D eigenvalue weighted by molar-refractivity contribution is -0.126. The molecule has 27 heavy (non-hydrogen) atoms. The largest absolute Gasteiger partial charge is 0.385 e. The van der Waals surface area contributed by atoms with E-state index in [-0.39, 0.29) is 17.7 Å². The third-order valence-electron chi connectivity index (χ3n) is 4.85. The lowest BCUT2D eigenvalue weighted by atomic mass is 9.96. The van der Waals surface area contributed by atoms with Gasteiger partial charge < -0.3 is 15.4 Å². The van der Waals surface area contributed by atoms with Gasteiger partial charge in [0.1, 0.15) is 0 Å². The Kier molecular flexibility index (Phi) is 8.54. The summed E-state index contributed by atoms with van der Waals surface area (Å²) in [6.07, 6.45) is 2.36. The Hall–Kier alpha value is -1.63. The van der Waals surface area contributed by atoms with E-state index in [0.29, 0.717) is 30.4 Å². The Morgan fingerprint density at radius 2 is 1.96 bits per heavy atom. The van der Waals surface area contributed by atoms with Crippen LogP contribution in [0.4, 0.5) is 5.69 Å². The first kappa shape index (κ1) is 21.7. The van der Waals surface area contributed by atoms with Crippen molar-refractivity contribution in [3.8, 4) is 0 Å². The van der Waals surface area contributed by atoms with Gasteiger partial charge in [-0.1, -0.05) is 17.7 Å². The van der Waals surface area contributed by atoms with Crippen LogP contribution in [0.2, 0.25) is 5.02 Å². The minimum Gasteiger partial charge on any atom is -0.385 e. The molecule has 1 aliphatic heterocycles. The number of carbonyl (C=O) groups excluding carboxylic acids is 2. The third-order valence-corrected chi connectivity index (χ3v) is 5.14. The summed E-state index contributed by atoms with van der Waals surface area (Å²) in [6.45, 7) is 7.00. The fourth-order valence-electron chi connectivity index (χ4n) is 3.38. The molecule has 0 atom stereocenters. The third kappa shape index (κ3) is 6.79. The van der Waals surface area contributed by atoms with Gasteiger partial charge in [-0.25, -0.2) is 0 Å². The molecule has 7 heteroatoms. The monoisotopic (exact) mass is 395 g/mol. The SMILES string of the molecule is COCCCNC(=O)C1CCN(CC(=O)Nc2c(C)cc(C)cc2Cl)CC1.